The third-order valence-corrected chi connectivity index (χ3v) is 4.17. The van der Waals surface area contributed by atoms with E-state index in [2.05, 4.69) is 10.6 Å². The molecule has 0 atom stereocenters. The van der Waals surface area contributed by atoms with Gasteiger partial charge in [0.15, 0.2) is 0 Å². The van der Waals surface area contributed by atoms with Crippen LogP contribution in [0.4, 0.5) is 10.5 Å². The fourth-order valence-corrected chi connectivity index (χ4v) is 2.81. The van der Waals surface area contributed by atoms with Crippen LogP contribution in [0, 0.1) is 0 Å². The Morgan fingerprint density at radius 2 is 1.76 bits per heavy atom. The average Bonchev–Trinajstić information content (AvgIpc) is 2.94. The van der Waals surface area contributed by atoms with Gasteiger partial charge in [0.1, 0.15) is 0 Å². The van der Waals surface area contributed by atoms with Crippen LogP contribution in [0.2, 0.25) is 0 Å². The molecule has 25 heavy (non-hydrogen) atoms. The number of benzene rings is 2. The fraction of sp³-hybridized carbons (Fsp3) is 0.211. The van der Waals surface area contributed by atoms with Crippen molar-refractivity contribution in [3.05, 3.63) is 65.2 Å². The van der Waals surface area contributed by atoms with E-state index in [1.165, 1.54) is 0 Å². The van der Waals surface area contributed by atoms with Crippen LogP contribution in [0.3, 0.4) is 0 Å². The molecule has 2 aromatic rings. The molecule has 2 N–H and O–H groups in total. The Morgan fingerprint density at radius 3 is 2.44 bits per heavy atom. The Kier molecular flexibility index (Phi) is 4.79. The Hall–Kier alpha value is -3.15. The maximum Gasteiger partial charge on any atom is 0.324 e. The van der Waals surface area contributed by atoms with Crippen molar-refractivity contribution in [2.75, 3.05) is 11.9 Å². The van der Waals surface area contributed by atoms with Gasteiger partial charge in [-0.1, -0.05) is 43.3 Å². The number of nitrogens with zero attached hydrogens (tertiary/aromatic N) is 1. The summed E-state index contributed by atoms with van der Waals surface area (Å²) in [6.07, 6.45) is 0.806. The number of nitrogens with one attached hydrogen (secondary N) is 2. The smallest absolute Gasteiger partial charge is 0.324 e. The van der Waals surface area contributed by atoms with E-state index >= 15 is 0 Å². The van der Waals surface area contributed by atoms with Crippen molar-refractivity contribution in [2.24, 2.45) is 0 Å². The lowest BCUT2D eigenvalue weighted by atomic mass is 10.1. The molecule has 128 valence electrons. The Bertz CT molecular complexity index is 816. The molecule has 0 aromatic heterocycles. The number of aryl methyl sites for hydroxylation is 1. The second-order valence-corrected chi connectivity index (χ2v) is 5.76. The monoisotopic (exact) mass is 337 g/mol. The van der Waals surface area contributed by atoms with Crippen LogP contribution in [0.1, 0.15) is 28.4 Å². The molecule has 3 rings (SSSR count). The molecule has 0 saturated carbocycles. The molecule has 1 saturated heterocycles. The van der Waals surface area contributed by atoms with E-state index in [1.807, 2.05) is 31.2 Å². The molecule has 0 aliphatic carbocycles. The zero-order chi connectivity index (χ0) is 17.8. The van der Waals surface area contributed by atoms with Crippen molar-refractivity contribution >= 4 is 23.5 Å². The third-order valence-electron chi connectivity index (χ3n) is 4.17. The standard InChI is InChI=1S/C19H19N3O3/c1-2-13-7-4-6-10-16(13)21-18(24)15-9-5-3-8-14(15)12-22-17(23)11-20-19(22)25/h3-10H,2,11-12H2,1H3,(H,20,25)(H,21,24). The zero-order valence-electron chi connectivity index (χ0n) is 13.9. The lowest BCUT2D eigenvalue weighted by molar-refractivity contribution is -0.125. The highest BCUT2D eigenvalue weighted by molar-refractivity contribution is 6.06. The molecule has 0 unspecified atom stereocenters. The van der Waals surface area contributed by atoms with Crippen LogP contribution in [0.25, 0.3) is 0 Å². The van der Waals surface area contributed by atoms with Gasteiger partial charge in [-0.05, 0) is 29.7 Å². The summed E-state index contributed by atoms with van der Waals surface area (Å²) >= 11 is 0. The molecule has 1 fully saturated rings. The molecule has 1 aliphatic heterocycles. The topological polar surface area (TPSA) is 78.5 Å². The molecule has 0 spiro atoms. The largest absolute Gasteiger partial charge is 0.329 e. The van der Waals surface area contributed by atoms with Gasteiger partial charge in [0.2, 0.25) is 5.91 Å². The lowest BCUT2D eigenvalue weighted by Gasteiger charge is -2.16. The van der Waals surface area contributed by atoms with Crippen LogP contribution in [0.5, 0.6) is 0 Å². The van der Waals surface area contributed by atoms with Crippen molar-refractivity contribution in [1.29, 1.82) is 0 Å². The van der Waals surface area contributed by atoms with E-state index in [0.29, 0.717) is 11.1 Å². The number of hydrogen-bond donors (Lipinski definition) is 2. The van der Waals surface area contributed by atoms with E-state index < -0.39 is 6.03 Å². The summed E-state index contributed by atoms with van der Waals surface area (Å²) in [4.78, 5) is 37.4. The SMILES string of the molecule is CCc1ccccc1NC(=O)c1ccccc1CN1C(=O)CNC1=O. The Balaban J connectivity index is 1.84. The average molecular weight is 337 g/mol. The number of urea groups is 1. The molecule has 1 heterocycles. The summed E-state index contributed by atoms with van der Waals surface area (Å²) < 4.78 is 0. The van der Waals surface area contributed by atoms with E-state index in [1.54, 1.807) is 24.3 Å². The molecule has 4 amide bonds. The highest BCUT2D eigenvalue weighted by atomic mass is 16.2. The van der Waals surface area contributed by atoms with Gasteiger partial charge >= 0.3 is 6.03 Å². The second-order valence-electron chi connectivity index (χ2n) is 5.76. The molecule has 6 heteroatoms. The quantitative estimate of drug-likeness (QED) is 0.823. The molecular formula is C19H19N3O3. The summed E-state index contributed by atoms with van der Waals surface area (Å²) in [6, 6.07) is 14.2. The predicted molar refractivity (Wildman–Crippen MR) is 94.2 cm³/mol. The maximum atomic E-state index is 12.7. The van der Waals surface area contributed by atoms with Crippen molar-refractivity contribution in [3.63, 3.8) is 0 Å². The number of carbonyl (C=O) groups excluding carboxylic acids is 3. The summed E-state index contributed by atoms with van der Waals surface area (Å²) in [7, 11) is 0. The Labute approximate surface area is 145 Å². The second kappa shape index (κ2) is 7.17. The van der Waals surface area contributed by atoms with Gasteiger partial charge in [-0.2, -0.15) is 0 Å². The van der Waals surface area contributed by atoms with Gasteiger partial charge in [0.25, 0.3) is 5.91 Å². The van der Waals surface area contributed by atoms with Crippen LogP contribution in [-0.2, 0) is 17.8 Å². The first-order valence-corrected chi connectivity index (χ1v) is 8.15. The lowest BCUT2D eigenvalue weighted by Crippen LogP contribution is -2.31. The highest BCUT2D eigenvalue weighted by Crippen LogP contribution is 2.19. The van der Waals surface area contributed by atoms with Crippen LogP contribution in [0.15, 0.2) is 48.5 Å². The summed E-state index contributed by atoms with van der Waals surface area (Å²) in [5.74, 6) is -0.555. The first-order chi connectivity index (χ1) is 12.1. The van der Waals surface area contributed by atoms with Crippen molar-refractivity contribution < 1.29 is 14.4 Å². The number of imide groups is 1. The third kappa shape index (κ3) is 3.52. The van der Waals surface area contributed by atoms with Crippen LogP contribution < -0.4 is 10.6 Å². The number of carbonyl (C=O) groups is 3. The molecule has 0 radical (unpaired) electrons. The van der Waals surface area contributed by atoms with Gasteiger partial charge < -0.3 is 10.6 Å². The molecule has 2 aromatic carbocycles. The molecular weight excluding hydrogens is 318 g/mol. The number of rotatable bonds is 5. The highest BCUT2D eigenvalue weighted by Gasteiger charge is 2.29. The number of hydrogen-bond acceptors (Lipinski definition) is 3. The van der Waals surface area contributed by atoms with E-state index in [9.17, 15) is 14.4 Å². The number of para-hydroxylation sites is 1. The first-order valence-electron chi connectivity index (χ1n) is 8.15. The normalized spacial score (nSPS) is 13.7. The summed E-state index contributed by atoms with van der Waals surface area (Å²) in [5.41, 5.74) is 2.88. The summed E-state index contributed by atoms with van der Waals surface area (Å²) in [5, 5.41) is 5.40. The van der Waals surface area contributed by atoms with Gasteiger partial charge in [0.05, 0.1) is 13.1 Å². The van der Waals surface area contributed by atoms with E-state index in [-0.39, 0.29) is 24.9 Å². The minimum atomic E-state index is -0.434. The van der Waals surface area contributed by atoms with Gasteiger partial charge in [-0.3, -0.25) is 14.5 Å². The molecule has 1 aliphatic rings. The first kappa shape index (κ1) is 16.7. The predicted octanol–water partition coefficient (Wildman–Crippen LogP) is 2.55. The minimum absolute atomic E-state index is 0.00290. The number of amides is 4. The van der Waals surface area contributed by atoms with Gasteiger partial charge in [-0.25, -0.2) is 4.79 Å². The maximum absolute atomic E-state index is 12.7. The van der Waals surface area contributed by atoms with Crippen molar-refractivity contribution in [3.8, 4) is 0 Å². The van der Waals surface area contributed by atoms with Crippen molar-refractivity contribution in [2.45, 2.75) is 19.9 Å². The molecule has 6 nitrogen and oxygen atoms in total. The Morgan fingerprint density at radius 1 is 1.08 bits per heavy atom. The van der Waals surface area contributed by atoms with Gasteiger partial charge in [0, 0.05) is 11.3 Å². The minimum Gasteiger partial charge on any atom is -0.329 e. The zero-order valence-corrected chi connectivity index (χ0v) is 13.9. The van der Waals surface area contributed by atoms with Crippen molar-refractivity contribution in [1.82, 2.24) is 10.2 Å². The van der Waals surface area contributed by atoms with E-state index in [0.717, 1.165) is 22.6 Å². The van der Waals surface area contributed by atoms with E-state index in [4.69, 9.17) is 0 Å². The molecule has 0 bridgehead atoms. The van der Waals surface area contributed by atoms with Crippen LogP contribution in [-0.4, -0.2) is 29.3 Å². The summed E-state index contributed by atoms with van der Waals surface area (Å²) in [6.45, 7) is 2.09. The van der Waals surface area contributed by atoms with Crippen LogP contribution >= 0.6 is 0 Å². The van der Waals surface area contributed by atoms with Gasteiger partial charge in [-0.15, -0.1) is 0 Å². The number of anilines is 1. The fourth-order valence-electron chi connectivity index (χ4n) is 2.81.